The largest absolute Gasteiger partial charge is 0.464 e. The van der Waals surface area contributed by atoms with Crippen LogP contribution >= 0.6 is 0 Å². The van der Waals surface area contributed by atoms with E-state index in [1.807, 2.05) is 13.8 Å². The number of hydrogen-bond acceptors (Lipinski definition) is 7. The first kappa shape index (κ1) is 26.3. The van der Waals surface area contributed by atoms with E-state index in [0.717, 1.165) is 0 Å². The van der Waals surface area contributed by atoms with Gasteiger partial charge in [-0.2, -0.15) is 0 Å². The molecule has 0 aromatic carbocycles. The minimum absolute atomic E-state index is 0.0146. The van der Waals surface area contributed by atoms with Gasteiger partial charge in [0.2, 0.25) is 17.7 Å². The summed E-state index contributed by atoms with van der Waals surface area (Å²) < 4.78 is 5.06. The molecule has 174 valence electrons. The lowest BCUT2D eigenvalue weighted by Crippen LogP contribution is -2.56. The summed E-state index contributed by atoms with van der Waals surface area (Å²) in [7, 11) is 0. The van der Waals surface area contributed by atoms with Crippen molar-refractivity contribution in [2.45, 2.75) is 77.9 Å². The molecular formula is C21H34N4O6. The van der Waals surface area contributed by atoms with Gasteiger partial charge in [-0.25, -0.2) is 4.79 Å². The van der Waals surface area contributed by atoms with Gasteiger partial charge in [-0.05, 0) is 38.5 Å². The summed E-state index contributed by atoms with van der Waals surface area (Å²) in [6.07, 6.45) is 2.01. The molecule has 0 radical (unpaired) electrons. The van der Waals surface area contributed by atoms with Gasteiger partial charge in [-0.15, -0.1) is 0 Å². The molecule has 0 aromatic rings. The van der Waals surface area contributed by atoms with Gasteiger partial charge in [0.15, 0.2) is 5.78 Å². The summed E-state index contributed by atoms with van der Waals surface area (Å²) in [5.74, 6) is -2.24. The van der Waals surface area contributed by atoms with Crippen LogP contribution in [0.2, 0.25) is 0 Å². The van der Waals surface area contributed by atoms with Crippen LogP contribution < -0.4 is 10.6 Å². The monoisotopic (exact) mass is 438 g/mol. The molecule has 0 bridgehead atoms. The predicted molar refractivity (Wildman–Crippen MR) is 113 cm³/mol. The summed E-state index contributed by atoms with van der Waals surface area (Å²) in [5, 5.41) is 12.3. The highest BCUT2D eigenvalue weighted by atomic mass is 16.5. The Morgan fingerprint density at radius 1 is 1.16 bits per heavy atom. The van der Waals surface area contributed by atoms with Crippen molar-refractivity contribution >= 4 is 35.7 Å². The van der Waals surface area contributed by atoms with E-state index in [-0.39, 0.29) is 31.3 Å². The first-order valence-corrected chi connectivity index (χ1v) is 10.7. The number of amides is 3. The minimum atomic E-state index is -1.06. The molecular weight excluding hydrogens is 404 g/mol. The maximum atomic E-state index is 13.2. The van der Waals surface area contributed by atoms with E-state index in [1.165, 1.54) is 11.8 Å². The predicted octanol–water partition coefficient (Wildman–Crippen LogP) is 0.575. The number of carbonyl (C=O) groups excluding carboxylic acids is 5. The summed E-state index contributed by atoms with van der Waals surface area (Å²) in [6.45, 7) is 7.33. The van der Waals surface area contributed by atoms with Crippen molar-refractivity contribution in [2.75, 3.05) is 13.2 Å². The molecule has 0 saturated carbocycles. The number of ether oxygens (including phenoxy) is 1. The number of nitrogens with one attached hydrogen (secondary N) is 3. The molecule has 3 amide bonds. The third kappa shape index (κ3) is 8.47. The van der Waals surface area contributed by atoms with Crippen molar-refractivity contribution in [3.8, 4) is 0 Å². The van der Waals surface area contributed by atoms with E-state index in [9.17, 15) is 24.0 Å². The Bertz CT molecular complexity index is 693. The molecule has 1 unspecified atom stereocenters. The quantitative estimate of drug-likeness (QED) is 0.300. The summed E-state index contributed by atoms with van der Waals surface area (Å²) in [6, 6.07) is -2.62. The van der Waals surface area contributed by atoms with Crippen molar-refractivity contribution in [1.82, 2.24) is 15.5 Å². The number of likely N-dealkylation sites (tertiary alicyclic amines) is 1. The molecule has 1 aliphatic rings. The fraction of sp³-hybridized carbons (Fsp3) is 0.714. The van der Waals surface area contributed by atoms with E-state index >= 15 is 0 Å². The molecule has 1 fully saturated rings. The summed E-state index contributed by atoms with van der Waals surface area (Å²) in [5.41, 5.74) is 0. The molecule has 3 N–H and O–H groups in total. The molecule has 0 aliphatic carbocycles. The minimum Gasteiger partial charge on any atom is -0.464 e. The lowest BCUT2D eigenvalue weighted by Gasteiger charge is -2.29. The second kappa shape index (κ2) is 12.8. The first-order valence-electron chi connectivity index (χ1n) is 10.7. The van der Waals surface area contributed by atoms with Gasteiger partial charge < -0.3 is 25.7 Å². The topological polar surface area (TPSA) is 146 Å². The number of esters is 1. The number of carbonyl (C=O) groups is 5. The molecule has 1 aliphatic heterocycles. The van der Waals surface area contributed by atoms with Crippen LogP contribution in [0, 0.1) is 11.3 Å². The van der Waals surface area contributed by atoms with Crippen molar-refractivity contribution in [3.05, 3.63) is 0 Å². The van der Waals surface area contributed by atoms with Gasteiger partial charge in [0.25, 0.3) is 0 Å². The lowest BCUT2D eigenvalue weighted by molar-refractivity contribution is -0.154. The average Bonchev–Trinajstić information content (AvgIpc) is 3.19. The Morgan fingerprint density at radius 3 is 2.39 bits per heavy atom. The van der Waals surface area contributed by atoms with Crippen molar-refractivity contribution < 1.29 is 28.7 Å². The Balaban J connectivity index is 3.03. The van der Waals surface area contributed by atoms with Gasteiger partial charge in [-0.1, -0.05) is 13.8 Å². The molecule has 31 heavy (non-hydrogen) atoms. The highest BCUT2D eigenvalue weighted by molar-refractivity contribution is 6.26. The third-order valence-electron chi connectivity index (χ3n) is 4.95. The van der Waals surface area contributed by atoms with Crippen LogP contribution in [0.15, 0.2) is 0 Å². The van der Waals surface area contributed by atoms with E-state index in [2.05, 4.69) is 10.6 Å². The number of hydrogen-bond donors (Lipinski definition) is 3. The number of nitrogens with zero attached hydrogens (tertiary/aromatic N) is 1. The SMILES string of the molecule is CCOC(=O)C1CCCN1C(=O)[C@H](CCC(=O)C=N)NC(=O)[C@H](CC(C)C)NC(C)=O. The van der Waals surface area contributed by atoms with Gasteiger partial charge >= 0.3 is 5.97 Å². The standard InChI is InChI=1S/C21H34N4O6/c1-5-31-21(30)18-7-6-10-25(18)20(29)16(9-8-15(27)12-22)24-19(28)17(11-13(2)3)23-14(4)26/h12-13,16-18,22H,5-11H2,1-4H3,(H,23,26)(H,24,28)/t16-,17-,18?/m0/s1. The van der Waals surface area contributed by atoms with Crippen molar-refractivity contribution in [1.29, 1.82) is 5.41 Å². The fourth-order valence-corrected chi connectivity index (χ4v) is 3.55. The third-order valence-corrected chi connectivity index (χ3v) is 4.95. The van der Waals surface area contributed by atoms with Gasteiger partial charge in [0.05, 0.1) is 12.8 Å². The molecule has 3 atom stereocenters. The van der Waals surface area contributed by atoms with Crippen LogP contribution in [0.4, 0.5) is 0 Å². The van der Waals surface area contributed by atoms with Crippen molar-refractivity contribution in [2.24, 2.45) is 5.92 Å². The molecule has 0 spiro atoms. The van der Waals surface area contributed by atoms with Gasteiger partial charge in [-0.3, -0.25) is 19.2 Å². The van der Waals surface area contributed by atoms with Crippen LogP contribution in [-0.2, 0) is 28.7 Å². The molecule has 1 rings (SSSR count). The Kier molecular flexibility index (Phi) is 10.8. The zero-order valence-corrected chi connectivity index (χ0v) is 18.7. The second-order valence-electron chi connectivity index (χ2n) is 8.03. The molecule has 1 heterocycles. The summed E-state index contributed by atoms with van der Waals surface area (Å²) in [4.78, 5) is 62.8. The summed E-state index contributed by atoms with van der Waals surface area (Å²) >= 11 is 0. The van der Waals surface area contributed by atoms with E-state index < -0.39 is 41.7 Å². The van der Waals surface area contributed by atoms with Crippen LogP contribution in [0.1, 0.15) is 59.8 Å². The highest BCUT2D eigenvalue weighted by Gasteiger charge is 2.39. The maximum Gasteiger partial charge on any atom is 0.328 e. The number of ketones is 1. The second-order valence-corrected chi connectivity index (χ2v) is 8.03. The zero-order chi connectivity index (χ0) is 23.6. The zero-order valence-electron chi connectivity index (χ0n) is 18.7. The fourth-order valence-electron chi connectivity index (χ4n) is 3.55. The Hall–Kier alpha value is -2.78. The molecule has 0 aromatic heterocycles. The normalized spacial score (nSPS) is 17.6. The molecule has 10 heteroatoms. The van der Waals surface area contributed by atoms with Gasteiger partial charge in [0.1, 0.15) is 18.1 Å². The Labute approximate surface area is 182 Å². The lowest BCUT2D eigenvalue weighted by atomic mass is 10.0. The number of rotatable bonds is 12. The molecule has 1 saturated heterocycles. The highest BCUT2D eigenvalue weighted by Crippen LogP contribution is 2.21. The maximum absolute atomic E-state index is 13.2. The van der Waals surface area contributed by atoms with E-state index in [0.29, 0.717) is 32.0 Å². The van der Waals surface area contributed by atoms with Gasteiger partial charge in [0, 0.05) is 19.9 Å². The molecule has 10 nitrogen and oxygen atoms in total. The van der Waals surface area contributed by atoms with E-state index in [4.69, 9.17) is 10.1 Å². The first-order chi connectivity index (χ1) is 14.6. The average molecular weight is 439 g/mol. The van der Waals surface area contributed by atoms with Crippen LogP contribution in [0.5, 0.6) is 0 Å². The van der Waals surface area contributed by atoms with E-state index in [1.54, 1.807) is 6.92 Å². The van der Waals surface area contributed by atoms with Crippen LogP contribution in [0.25, 0.3) is 0 Å². The Morgan fingerprint density at radius 2 is 1.84 bits per heavy atom. The smallest absolute Gasteiger partial charge is 0.328 e. The van der Waals surface area contributed by atoms with Crippen LogP contribution in [0.3, 0.4) is 0 Å². The van der Waals surface area contributed by atoms with Crippen LogP contribution in [-0.4, -0.2) is 71.9 Å². The number of Topliss-reactive ketones (excluding diaryl/α,β-unsaturated/α-hetero) is 1. The van der Waals surface area contributed by atoms with Crippen molar-refractivity contribution in [3.63, 3.8) is 0 Å².